The molecule has 4 aromatic carbocycles. The second-order valence-corrected chi connectivity index (χ2v) is 13.0. The minimum absolute atomic E-state index is 0.0234. The van der Waals surface area contributed by atoms with Crippen LogP contribution in [0.25, 0.3) is 0 Å². The first kappa shape index (κ1) is 33.2. The first-order valence-electron chi connectivity index (χ1n) is 16.6. The predicted octanol–water partition coefficient (Wildman–Crippen LogP) is 4.75. The van der Waals surface area contributed by atoms with Crippen LogP contribution in [0.5, 0.6) is 0 Å². The zero-order valence-corrected chi connectivity index (χ0v) is 28.0. The number of hydrogen-bond donors (Lipinski definition) is 2. The minimum atomic E-state index is -0.726. The van der Waals surface area contributed by atoms with Crippen LogP contribution >= 0.6 is 11.6 Å². The van der Waals surface area contributed by atoms with E-state index in [1.807, 2.05) is 78.7 Å². The van der Waals surface area contributed by atoms with Crippen molar-refractivity contribution in [2.45, 2.75) is 37.9 Å². The van der Waals surface area contributed by atoms with Gasteiger partial charge >= 0.3 is 0 Å². The van der Waals surface area contributed by atoms with Crippen molar-refractivity contribution < 1.29 is 14.4 Å². The Kier molecular flexibility index (Phi) is 10.7. The molecule has 3 amide bonds. The standard InChI is InChI=1S/C39H42ClN5O3/c1-43(20-19-28-9-3-2-4-10-28)38(47)33-13-7-8-14-36(33)44-21-23-45(24-22-44)39(48)35(25-29-15-17-32(40)18-16-29)42-37(46)34-26-30-11-5-6-12-31(30)27-41-34/h2-18,34-35,41H,19-27H2,1H3,(H,42,46). The molecule has 9 heteroatoms. The molecule has 1 saturated heterocycles. The molecule has 0 bridgehead atoms. The van der Waals surface area contributed by atoms with Crippen LogP contribution in [0.4, 0.5) is 5.69 Å². The summed E-state index contributed by atoms with van der Waals surface area (Å²) in [6.45, 7) is 3.33. The van der Waals surface area contributed by atoms with Gasteiger partial charge in [-0.3, -0.25) is 14.4 Å². The molecule has 0 aliphatic carbocycles. The van der Waals surface area contributed by atoms with Crippen LogP contribution in [0, 0.1) is 0 Å². The summed E-state index contributed by atoms with van der Waals surface area (Å²) < 4.78 is 0. The number of nitrogens with zero attached hydrogens (tertiary/aromatic N) is 3. The molecule has 248 valence electrons. The van der Waals surface area contributed by atoms with E-state index in [1.165, 1.54) is 11.1 Å². The molecule has 0 spiro atoms. The molecule has 1 fully saturated rings. The van der Waals surface area contributed by atoms with Crippen molar-refractivity contribution in [2.24, 2.45) is 0 Å². The molecular weight excluding hydrogens is 622 g/mol. The lowest BCUT2D eigenvalue weighted by Gasteiger charge is -2.38. The van der Waals surface area contributed by atoms with Crippen molar-refractivity contribution in [3.63, 3.8) is 0 Å². The fourth-order valence-corrected chi connectivity index (χ4v) is 6.66. The largest absolute Gasteiger partial charge is 0.367 e. The Balaban J connectivity index is 1.11. The van der Waals surface area contributed by atoms with E-state index in [-0.39, 0.29) is 17.7 Å². The molecule has 48 heavy (non-hydrogen) atoms. The Hall–Kier alpha value is -4.66. The molecule has 2 aliphatic rings. The number of para-hydroxylation sites is 1. The maximum absolute atomic E-state index is 14.1. The number of halogens is 1. The van der Waals surface area contributed by atoms with E-state index in [1.54, 1.807) is 17.0 Å². The molecular formula is C39H42ClN5O3. The van der Waals surface area contributed by atoms with Crippen LogP contribution in [0.3, 0.4) is 0 Å². The lowest BCUT2D eigenvalue weighted by Crippen LogP contribution is -2.58. The highest BCUT2D eigenvalue weighted by Crippen LogP contribution is 2.24. The van der Waals surface area contributed by atoms with Crippen LogP contribution in [-0.4, -0.2) is 79.4 Å². The molecule has 0 saturated carbocycles. The molecule has 0 aromatic heterocycles. The van der Waals surface area contributed by atoms with Crippen LogP contribution in [0.2, 0.25) is 5.02 Å². The van der Waals surface area contributed by atoms with Gasteiger partial charge in [-0.15, -0.1) is 0 Å². The van der Waals surface area contributed by atoms with E-state index < -0.39 is 12.1 Å². The van der Waals surface area contributed by atoms with Gasteiger partial charge in [-0.05, 0) is 59.4 Å². The van der Waals surface area contributed by atoms with E-state index in [0.29, 0.717) is 62.7 Å². The van der Waals surface area contributed by atoms with Crippen LogP contribution in [0.15, 0.2) is 103 Å². The molecule has 2 N–H and O–H groups in total. The van der Waals surface area contributed by atoms with Crippen molar-refractivity contribution in [1.82, 2.24) is 20.4 Å². The summed E-state index contributed by atoms with van der Waals surface area (Å²) >= 11 is 6.13. The Labute approximate surface area is 287 Å². The number of piperazine rings is 1. The molecule has 2 atom stereocenters. The number of carbonyl (C=O) groups excluding carboxylic acids is 3. The summed E-state index contributed by atoms with van der Waals surface area (Å²) in [7, 11) is 1.84. The monoisotopic (exact) mass is 663 g/mol. The maximum Gasteiger partial charge on any atom is 0.255 e. The zero-order valence-electron chi connectivity index (χ0n) is 27.3. The third-order valence-electron chi connectivity index (χ3n) is 9.36. The van der Waals surface area contributed by atoms with Gasteiger partial charge in [0, 0.05) is 63.4 Å². The number of hydrogen-bond acceptors (Lipinski definition) is 5. The van der Waals surface area contributed by atoms with Gasteiger partial charge in [0.15, 0.2) is 0 Å². The van der Waals surface area contributed by atoms with Crippen LogP contribution in [-0.2, 0) is 35.4 Å². The number of carbonyl (C=O) groups is 3. The van der Waals surface area contributed by atoms with Crippen molar-refractivity contribution in [2.75, 3.05) is 44.7 Å². The first-order chi connectivity index (χ1) is 23.4. The van der Waals surface area contributed by atoms with E-state index >= 15 is 0 Å². The highest BCUT2D eigenvalue weighted by atomic mass is 35.5. The highest BCUT2D eigenvalue weighted by Gasteiger charge is 2.33. The van der Waals surface area contributed by atoms with Gasteiger partial charge in [0.05, 0.1) is 11.6 Å². The lowest BCUT2D eigenvalue weighted by molar-refractivity contribution is -0.137. The summed E-state index contributed by atoms with van der Waals surface area (Å²) in [5.41, 5.74) is 5.97. The zero-order chi connectivity index (χ0) is 33.5. The molecule has 2 heterocycles. The Morgan fingerprint density at radius 3 is 2.25 bits per heavy atom. The molecule has 0 radical (unpaired) electrons. The second-order valence-electron chi connectivity index (χ2n) is 12.6. The topological polar surface area (TPSA) is 85.0 Å². The Bertz CT molecular complexity index is 1720. The van der Waals surface area contributed by atoms with Gasteiger partial charge in [-0.25, -0.2) is 0 Å². The first-order valence-corrected chi connectivity index (χ1v) is 17.0. The summed E-state index contributed by atoms with van der Waals surface area (Å²) in [5, 5.41) is 7.05. The van der Waals surface area contributed by atoms with Crippen molar-refractivity contribution in [1.29, 1.82) is 0 Å². The summed E-state index contributed by atoms with van der Waals surface area (Å²) in [4.78, 5) is 47.0. The van der Waals surface area contributed by atoms with Gasteiger partial charge in [0.1, 0.15) is 6.04 Å². The van der Waals surface area contributed by atoms with Crippen molar-refractivity contribution in [3.05, 3.63) is 136 Å². The predicted molar refractivity (Wildman–Crippen MR) is 190 cm³/mol. The Morgan fingerprint density at radius 2 is 1.50 bits per heavy atom. The molecule has 8 nitrogen and oxygen atoms in total. The van der Waals surface area contributed by atoms with E-state index in [4.69, 9.17) is 11.6 Å². The average molecular weight is 664 g/mol. The van der Waals surface area contributed by atoms with Gasteiger partial charge in [0.2, 0.25) is 11.8 Å². The van der Waals surface area contributed by atoms with Gasteiger partial charge in [0.25, 0.3) is 5.91 Å². The Morgan fingerprint density at radius 1 is 0.833 bits per heavy atom. The third-order valence-corrected chi connectivity index (χ3v) is 9.61. The fourth-order valence-electron chi connectivity index (χ4n) is 6.54. The average Bonchev–Trinajstić information content (AvgIpc) is 3.14. The second kappa shape index (κ2) is 15.5. The van der Waals surface area contributed by atoms with Crippen LogP contribution in [0.1, 0.15) is 32.6 Å². The SMILES string of the molecule is CN(CCc1ccccc1)C(=O)c1ccccc1N1CCN(C(=O)C(Cc2ccc(Cl)cc2)NC(=O)C2Cc3ccccc3CN2)CC1. The van der Waals surface area contributed by atoms with Crippen LogP contribution < -0.4 is 15.5 Å². The third kappa shape index (κ3) is 8.06. The number of benzene rings is 4. The summed E-state index contributed by atoms with van der Waals surface area (Å²) in [6, 6.07) is 32.2. The number of likely N-dealkylation sites (N-methyl/N-ethyl adjacent to an activating group) is 1. The minimum Gasteiger partial charge on any atom is -0.367 e. The number of fused-ring (bicyclic) bond motifs is 1. The van der Waals surface area contributed by atoms with Gasteiger partial charge in [-0.1, -0.05) is 90.5 Å². The van der Waals surface area contributed by atoms with E-state index in [9.17, 15) is 14.4 Å². The molecule has 2 aliphatic heterocycles. The quantitative estimate of drug-likeness (QED) is 0.256. The van der Waals surface area contributed by atoms with Crippen molar-refractivity contribution in [3.8, 4) is 0 Å². The van der Waals surface area contributed by atoms with Crippen molar-refractivity contribution >= 4 is 35.0 Å². The normalized spacial score (nSPS) is 16.5. The van der Waals surface area contributed by atoms with E-state index in [0.717, 1.165) is 23.2 Å². The summed E-state index contributed by atoms with van der Waals surface area (Å²) in [6.07, 6.45) is 1.71. The summed E-state index contributed by atoms with van der Waals surface area (Å²) in [5.74, 6) is -0.317. The number of nitrogens with one attached hydrogen (secondary N) is 2. The van der Waals surface area contributed by atoms with E-state index in [2.05, 4.69) is 39.8 Å². The number of anilines is 1. The highest BCUT2D eigenvalue weighted by molar-refractivity contribution is 6.30. The molecule has 2 unspecified atom stereocenters. The fraction of sp³-hybridized carbons (Fsp3) is 0.308. The molecule has 4 aromatic rings. The number of amides is 3. The maximum atomic E-state index is 14.1. The molecule has 6 rings (SSSR count). The lowest BCUT2D eigenvalue weighted by atomic mass is 9.95. The van der Waals surface area contributed by atoms with Gasteiger partial charge < -0.3 is 25.3 Å². The smallest absolute Gasteiger partial charge is 0.255 e. The number of rotatable bonds is 10. The van der Waals surface area contributed by atoms with Gasteiger partial charge in [-0.2, -0.15) is 0 Å².